The molecular formula is C11H10ClF3N6OS. The van der Waals surface area contributed by atoms with Gasteiger partial charge in [-0.3, -0.25) is 10.7 Å². The Bertz CT molecular complexity index is 748. The number of amidine groups is 1. The van der Waals surface area contributed by atoms with Gasteiger partial charge in [-0.05, 0) is 28.8 Å². The Morgan fingerprint density at radius 2 is 2.13 bits per heavy atom. The first-order chi connectivity index (χ1) is 10.8. The molecule has 0 radical (unpaired) electrons. The first-order valence-corrected chi connectivity index (χ1v) is 7.55. The molecule has 0 unspecified atom stereocenters. The summed E-state index contributed by atoms with van der Waals surface area (Å²) in [4.78, 5) is 3.77. The summed E-state index contributed by atoms with van der Waals surface area (Å²) in [6, 6.07) is 1.98. The van der Waals surface area contributed by atoms with Gasteiger partial charge in [0.1, 0.15) is 0 Å². The SMILES string of the molecule is CSc1c(C(F)(F)F)ccc(C(=Nc2nnnn2C)NO)c1Cl. The zero-order chi connectivity index (χ0) is 17.2. The van der Waals surface area contributed by atoms with Gasteiger partial charge in [-0.25, -0.2) is 4.68 Å². The van der Waals surface area contributed by atoms with Crippen molar-refractivity contribution >= 4 is 35.1 Å². The number of nitrogens with one attached hydrogen (secondary N) is 1. The van der Waals surface area contributed by atoms with E-state index in [1.165, 1.54) is 18.0 Å². The number of rotatable bonds is 3. The van der Waals surface area contributed by atoms with E-state index in [1.807, 2.05) is 0 Å². The van der Waals surface area contributed by atoms with Crippen LogP contribution in [-0.4, -0.2) is 37.5 Å². The quantitative estimate of drug-likeness (QED) is 0.376. The van der Waals surface area contributed by atoms with E-state index in [9.17, 15) is 18.4 Å². The highest BCUT2D eigenvalue weighted by Gasteiger charge is 2.35. The summed E-state index contributed by atoms with van der Waals surface area (Å²) in [6.45, 7) is 0. The molecule has 0 bridgehead atoms. The van der Waals surface area contributed by atoms with Crippen molar-refractivity contribution in [3.8, 4) is 0 Å². The maximum Gasteiger partial charge on any atom is 0.417 e. The Kier molecular flexibility index (Phi) is 5.12. The number of aryl methyl sites for hydroxylation is 1. The van der Waals surface area contributed by atoms with Crippen LogP contribution in [0.2, 0.25) is 5.02 Å². The van der Waals surface area contributed by atoms with Crippen LogP contribution in [-0.2, 0) is 13.2 Å². The van der Waals surface area contributed by atoms with Crippen molar-refractivity contribution in [2.75, 3.05) is 6.26 Å². The molecule has 0 aliphatic rings. The number of tetrazole rings is 1. The van der Waals surface area contributed by atoms with Crippen LogP contribution in [0, 0.1) is 0 Å². The second kappa shape index (κ2) is 6.72. The zero-order valence-corrected chi connectivity index (χ0v) is 13.3. The Morgan fingerprint density at radius 3 is 2.61 bits per heavy atom. The molecule has 2 N–H and O–H groups in total. The van der Waals surface area contributed by atoms with E-state index >= 15 is 0 Å². The molecule has 1 aromatic heterocycles. The molecule has 2 rings (SSSR count). The summed E-state index contributed by atoms with van der Waals surface area (Å²) < 4.78 is 40.2. The lowest BCUT2D eigenvalue weighted by Gasteiger charge is -2.15. The molecule has 0 spiro atoms. The summed E-state index contributed by atoms with van der Waals surface area (Å²) in [5.74, 6) is -0.153. The van der Waals surface area contributed by atoms with Crippen LogP contribution < -0.4 is 5.48 Å². The van der Waals surface area contributed by atoms with Crippen LogP contribution in [0.25, 0.3) is 0 Å². The number of halogens is 4. The number of alkyl halides is 3. The van der Waals surface area contributed by atoms with Crippen LogP contribution in [0.1, 0.15) is 11.1 Å². The molecule has 0 fully saturated rings. The van der Waals surface area contributed by atoms with Gasteiger partial charge in [0, 0.05) is 17.5 Å². The fourth-order valence-electron chi connectivity index (χ4n) is 1.73. The molecule has 0 saturated carbocycles. The number of nitrogens with zero attached hydrogens (tertiary/aromatic N) is 5. The van der Waals surface area contributed by atoms with Gasteiger partial charge in [-0.2, -0.15) is 18.2 Å². The van der Waals surface area contributed by atoms with E-state index in [1.54, 1.807) is 5.48 Å². The van der Waals surface area contributed by atoms with E-state index in [0.29, 0.717) is 0 Å². The van der Waals surface area contributed by atoms with Crippen LogP contribution >= 0.6 is 23.4 Å². The van der Waals surface area contributed by atoms with Crippen LogP contribution in [0.3, 0.4) is 0 Å². The Labute approximate surface area is 137 Å². The van der Waals surface area contributed by atoms with Crippen molar-refractivity contribution < 1.29 is 18.4 Å². The van der Waals surface area contributed by atoms with Gasteiger partial charge in [0.05, 0.1) is 10.6 Å². The summed E-state index contributed by atoms with van der Waals surface area (Å²) in [6.07, 6.45) is -3.08. The van der Waals surface area contributed by atoms with Crippen LogP contribution in [0.15, 0.2) is 22.0 Å². The number of aromatic nitrogens is 4. The molecule has 0 aliphatic carbocycles. The molecular weight excluding hydrogens is 357 g/mol. The van der Waals surface area contributed by atoms with Gasteiger partial charge in [-0.15, -0.1) is 11.8 Å². The van der Waals surface area contributed by atoms with Gasteiger partial charge in [0.15, 0.2) is 5.84 Å². The van der Waals surface area contributed by atoms with Gasteiger partial charge in [-0.1, -0.05) is 16.7 Å². The minimum Gasteiger partial charge on any atom is -0.290 e. The molecule has 0 saturated heterocycles. The summed E-state index contributed by atoms with van der Waals surface area (Å²) in [7, 11) is 1.51. The van der Waals surface area contributed by atoms with Gasteiger partial charge in [0.2, 0.25) is 0 Å². The van der Waals surface area contributed by atoms with Crippen molar-refractivity contribution in [2.45, 2.75) is 11.1 Å². The number of hydrogen-bond donors (Lipinski definition) is 2. The number of hydroxylamine groups is 1. The molecule has 2 aromatic rings. The number of thioether (sulfide) groups is 1. The minimum atomic E-state index is -4.54. The molecule has 12 heteroatoms. The highest BCUT2D eigenvalue weighted by Crippen LogP contribution is 2.41. The molecule has 0 amide bonds. The first-order valence-electron chi connectivity index (χ1n) is 5.94. The van der Waals surface area contributed by atoms with Crippen molar-refractivity contribution in [1.82, 2.24) is 25.7 Å². The molecule has 124 valence electrons. The second-order valence-corrected chi connectivity index (χ2v) is 5.37. The van der Waals surface area contributed by atoms with Crippen molar-refractivity contribution in [2.24, 2.45) is 12.0 Å². The molecule has 1 aromatic carbocycles. The fourth-order valence-corrected chi connectivity index (χ4v) is 2.91. The highest BCUT2D eigenvalue weighted by atomic mass is 35.5. The number of aliphatic imine (C=N–C) groups is 1. The first kappa shape index (κ1) is 17.5. The average molecular weight is 367 g/mol. The molecule has 0 atom stereocenters. The minimum absolute atomic E-state index is 0.0308. The van der Waals surface area contributed by atoms with Crippen molar-refractivity contribution in [1.29, 1.82) is 0 Å². The zero-order valence-electron chi connectivity index (χ0n) is 11.8. The third kappa shape index (κ3) is 3.57. The van der Waals surface area contributed by atoms with E-state index in [2.05, 4.69) is 20.5 Å². The summed E-state index contributed by atoms with van der Waals surface area (Å²) >= 11 is 6.90. The highest BCUT2D eigenvalue weighted by molar-refractivity contribution is 7.98. The Morgan fingerprint density at radius 1 is 1.43 bits per heavy atom. The third-order valence-electron chi connectivity index (χ3n) is 2.78. The van der Waals surface area contributed by atoms with E-state index < -0.39 is 11.7 Å². The van der Waals surface area contributed by atoms with Crippen molar-refractivity contribution in [3.63, 3.8) is 0 Å². The monoisotopic (exact) mass is 366 g/mol. The predicted molar refractivity (Wildman–Crippen MR) is 78.2 cm³/mol. The summed E-state index contributed by atoms with van der Waals surface area (Å²) in [5, 5.41) is 19.6. The second-order valence-electron chi connectivity index (χ2n) is 4.18. The van der Waals surface area contributed by atoms with E-state index in [-0.39, 0.29) is 27.3 Å². The Hall–Kier alpha value is -1.85. The smallest absolute Gasteiger partial charge is 0.290 e. The van der Waals surface area contributed by atoms with E-state index in [0.717, 1.165) is 23.9 Å². The fraction of sp³-hybridized carbons (Fsp3) is 0.273. The van der Waals surface area contributed by atoms with Gasteiger partial charge >= 0.3 is 6.18 Å². The standard InChI is InChI=1S/C11H10ClF3N6OS/c1-21-10(17-19-20-21)16-9(18-22)5-3-4-6(11(13,14)15)8(23-2)7(5)12/h3-4,22H,1-2H3,(H,16,17,18,20). The third-order valence-corrected chi connectivity index (χ3v) is 4.11. The van der Waals surface area contributed by atoms with Gasteiger partial charge in [0.25, 0.3) is 5.95 Å². The predicted octanol–water partition coefficient (Wildman–Crippen LogP) is 2.66. The van der Waals surface area contributed by atoms with Crippen LogP contribution in [0.4, 0.5) is 19.1 Å². The lowest BCUT2D eigenvalue weighted by Crippen LogP contribution is -2.21. The van der Waals surface area contributed by atoms with E-state index in [4.69, 9.17) is 11.6 Å². The molecule has 1 heterocycles. The molecule has 0 aliphatic heterocycles. The van der Waals surface area contributed by atoms with Gasteiger partial charge < -0.3 is 0 Å². The van der Waals surface area contributed by atoms with Crippen LogP contribution in [0.5, 0.6) is 0 Å². The summed E-state index contributed by atoms with van der Waals surface area (Å²) in [5.41, 5.74) is 1.01. The lowest BCUT2D eigenvalue weighted by atomic mass is 10.1. The number of hydrogen-bond acceptors (Lipinski definition) is 6. The normalized spacial score (nSPS) is 12.6. The number of benzene rings is 1. The average Bonchev–Trinajstić information content (AvgIpc) is 2.89. The molecule has 23 heavy (non-hydrogen) atoms. The largest absolute Gasteiger partial charge is 0.417 e. The topological polar surface area (TPSA) is 88.2 Å². The maximum atomic E-state index is 13.0. The van der Waals surface area contributed by atoms with Crippen molar-refractivity contribution in [3.05, 3.63) is 28.3 Å². The Balaban J connectivity index is 2.59. The lowest BCUT2D eigenvalue weighted by molar-refractivity contribution is -0.139. The molecule has 7 nitrogen and oxygen atoms in total. The maximum absolute atomic E-state index is 13.0.